The lowest BCUT2D eigenvalue weighted by Gasteiger charge is -2.23. The maximum absolute atomic E-state index is 12.8. The van der Waals surface area contributed by atoms with Crippen LogP contribution in [0.4, 0.5) is 5.13 Å². The van der Waals surface area contributed by atoms with E-state index in [9.17, 15) is 9.59 Å². The summed E-state index contributed by atoms with van der Waals surface area (Å²) >= 11 is 1.31. The third-order valence-electron chi connectivity index (χ3n) is 5.34. The first-order valence-corrected chi connectivity index (χ1v) is 11.5. The van der Waals surface area contributed by atoms with Crippen molar-refractivity contribution in [1.82, 2.24) is 15.1 Å². The zero-order chi connectivity index (χ0) is 21.3. The highest BCUT2D eigenvalue weighted by molar-refractivity contribution is 7.18. The third kappa shape index (κ3) is 5.78. The number of hydrogen-bond donors (Lipinski definition) is 1. The van der Waals surface area contributed by atoms with Crippen LogP contribution < -0.4 is 10.1 Å². The second-order valence-corrected chi connectivity index (χ2v) is 8.52. The Hall–Kier alpha value is -2.48. The van der Waals surface area contributed by atoms with Crippen LogP contribution >= 0.6 is 11.3 Å². The summed E-state index contributed by atoms with van der Waals surface area (Å²) < 4.78 is 5.25. The number of nitrogens with zero attached hydrogens (tertiary/aromatic N) is 3. The van der Waals surface area contributed by atoms with E-state index in [1.165, 1.54) is 30.6 Å². The minimum atomic E-state index is -0.419. The fourth-order valence-corrected chi connectivity index (χ4v) is 4.44. The largest absolute Gasteiger partial charge is 0.497 e. The van der Waals surface area contributed by atoms with Crippen LogP contribution in [0.3, 0.4) is 0 Å². The number of ether oxygens (including phenoxy) is 1. The standard InChI is InChI=1S/C22H30N4O3S/c1-3-4-5-6-7-13-19(27)26-14-9-12-18(26)20(28)23-22-25-24-21(30-22)16-10-8-11-17(15-16)29-2/h8,10-11,15,18H,3-7,9,12-14H2,1-2H3,(H,23,25,28). The fourth-order valence-electron chi connectivity index (χ4n) is 3.70. The third-order valence-corrected chi connectivity index (χ3v) is 6.23. The number of hydrogen-bond acceptors (Lipinski definition) is 6. The molecule has 2 heterocycles. The van der Waals surface area contributed by atoms with Gasteiger partial charge in [-0.1, -0.05) is 56.1 Å². The number of carbonyl (C=O) groups is 2. The number of nitrogens with one attached hydrogen (secondary N) is 1. The summed E-state index contributed by atoms with van der Waals surface area (Å²) in [5.74, 6) is 0.641. The average Bonchev–Trinajstić information content (AvgIpc) is 3.43. The van der Waals surface area contributed by atoms with Crippen LogP contribution in [-0.4, -0.2) is 46.6 Å². The first kappa shape index (κ1) is 22.2. The van der Waals surface area contributed by atoms with Crippen molar-refractivity contribution in [3.8, 4) is 16.3 Å². The SMILES string of the molecule is CCCCCCCC(=O)N1CCCC1C(=O)Nc1nnc(-c2cccc(OC)c2)s1. The maximum Gasteiger partial charge on any atom is 0.249 e. The van der Waals surface area contributed by atoms with E-state index in [0.29, 0.717) is 29.5 Å². The van der Waals surface area contributed by atoms with Gasteiger partial charge in [0.15, 0.2) is 0 Å². The van der Waals surface area contributed by atoms with Crippen LogP contribution in [0.5, 0.6) is 5.75 Å². The number of benzene rings is 1. The number of anilines is 1. The predicted molar refractivity (Wildman–Crippen MR) is 119 cm³/mol. The minimum absolute atomic E-state index is 0.0819. The summed E-state index contributed by atoms with van der Waals surface area (Å²) in [5.41, 5.74) is 0.882. The van der Waals surface area contributed by atoms with E-state index in [1.807, 2.05) is 24.3 Å². The lowest BCUT2D eigenvalue weighted by atomic mass is 10.1. The highest BCUT2D eigenvalue weighted by atomic mass is 32.1. The molecule has 1 saturated heterocycles. The molecular weight excluding hydrogens is 400 g/mol. The van der Waals surface area contributed by atoms with E-state index in [4.69, 9.17) is 4.74 Å². The second-order valence-electron chi connectivity index (χ2n) is 7.54. The Balaban J connectivity index is 1.56. The van der Waals surface area contributed by atoms with Gasteiger partial charge in [0.1, 0.15) is 16.8 Å². The summed E-state index contributed by atoms with van der Waals surface area (Å²) in [6.07, 6.45) is 7.59. The smallest absolute Gasteiger partial charge is 0.249 e. The van der Waals surface area contributed by atoms with Crippen LogP contribution in [-0.2, 0) is 9.59 Å². The maximum atomic E-state index is 12.8. The van der Waals surface area contributed by atoms with Gasteiger partial charge in [-0.25, -0.2) is 0 Å². The topological polar surface area (TPSA) is 84.4 Å². The number of aromatic nitrogens is 2. The molecule has 1 unspecified atom stereocenters. The van der Waals surface area contributed by atoms with Crippen molar-refractivity contribution < 1.29 is 14.3 Å². The van der Waals surface area contributed by atoms with Crippen LogP contribution in [0, 0.1) is 0 Å². The van der Waals surface area contributed by atoms with Crippen molar-refractivity contribution >= 4 is 28.3 Å². The Morgan fingerprint density at radius 2 is 2.07 bits per heavy atom. The van der Waals surface area contributed by atoms with E-state index < -0.39 is 6.04 Å². The average molecular weight is 431 g/mol. The van der Waals surface area contributed by atoms with Gasteiger partial charge in [0.05, 0.1) is 7.11 Å². The highest BCUT2D eigenvalue weighted by Gasteiger charge is 2.34. The molecule has 1 N–H and O–H groups in total. The van der Waals surface area contributed by atoms with Crippen molar-refractivity contribution in [1.29, 1.82) is 0 Å². The summed E-state index contributed by atoms with van der Waals surface area (Å²) in [5, 5.41) is 12.3. The van der Waals surface area contributed by atoms with Crippen LogP contribution in [0.1, 0.15) is 58.3 Å². The van der Waals surface area contributed by atoms with Crippen LogP contribution in [0.25, 0.3) is 10.6 Å². The van der Waals surface area contributed by atoms with Crippen molar-refractivity contribution in [2.75, 3.05) is 19.0 Å². The molecule has 0 radical (unpaired) electrons. The number of amides is 2. The Kier molecular flexibility index (Phi) is 8.19. The zero-order valence-electron chi connectivity index (χ0n) is 17.7. The molecule has 30 heavy (non-hydrogen) atoms. The van der Waals surface area contributed by atoms with Gasteiger partial charge in [-0.15, -0.1) is 10.2 Å². The summed E-state index contributed by atoms with van der Waals surface area (Å²) in [4.78, 5) is 27.1. The molecule has 3 rings (SSSR count). The summed E-state index contributed by atoms with van der Waals surface area (Å²) in [6.45, 7) is 2.83. The molecule has 0 saturated carbocycles. The molecule has 1 aromatic heterocycles. The highest BCUT2D eigenvalue weighted by Crippen LogP contribution is 2.29. The Bertz CT molecular complexity index is 854. The van der Waals surface area contributed by atoms with Crippen molar-refractivity contribution in [3.05, 3.63) is 24.3 Å². The molecule has 162 valence electrons. The molecule has 1 atom stereocenters. The normalized spacial score (nSPS) is 15.9. The van der Waals surface area contributed by atoms with Gasteiger partial charge in [-0.2, -0.15) is 0 Å². The molecule has 0 bridgehead atoms. The van der Waals surface area contributed by atoms with Gasteiger partial charge in [-0.3, -0.25) is 14.9 Å². The van der Waals surface area contributed by atoms with Gasteiger partial charge in [0, 0.05) is 18.5 Å². The van der Waals surface area contributed by atoms with Crippen molar-refractivity contribution in [2.45, 2.75) is 64.3 Å². The van der Waals surface area contributed by atoms with Gasteiger partial charge in [0.2, 0.25) is 16.9 Å². The zero-order valence-corrected chi connectivity index (χ0v) is 18.5. The quantitative estimate of drug-likeness (QED) is 0.561. The molecule has 1 aliphatic heterocycles. The first-order valence-electron chi connectivity index (χ1n) is 10.7. The molecular formula is C22H30N4O3S. The van der Waals surface area contributed by atoms with E-state index in [1.54, 1.807) is 12.0 Å². The van der Waals surface area contributed by atoms with E-state index in [0.717, 1.165) is 30.6 Å². The van der Waals surface area contributed by atoms with Gasteiger partial charge < -0.3 is 9.64 Å². The molecule has 7 nitrogen and oxygen atoms in total. The Labute approximate surface area is 181 Å². The van der Waals surface area contributed by atoms with E-state index >= 15 is 0 Å². The predicted octanol–water partition coefficient (Wildman–Crippen LogP) is 4.50. The van der Waals surface area contributed by atoms with E-state index in [-0.39, 0.29) is 11.8 Å². The van der Waals surface area contributed by atoms with Crippen LogP contribution in [0.15, 0.2) is 24.3 Å². The number of likely N-dealkylation sites (tertiary alicyclic amines) is 1. The van der Waals surface area contributed by atoms with Gasteiger partial charge >= 0.3 is 0 Å². The van der Waals surface area contributed by atoms with Gasteiger partial charge in [-0.05, 0) is 31.4 Å². The molecule has 2 amide bonds. The number of unbranched alkanes of at least 4 members (excludes halogenated alkanes) is 4. The summed E-state index contributed by atoms with van der Waals surface area (Å²) in [7, 11) is 1.62. The minimum Gasteiger partial charge on any atom is -0.497 e. The first-order chi connectivity index (χ1) is 14.6. The monoisotopic (exact) mass is 430 g/mol. The van der Waals surface area contributed by atoms with Crippen LogP contribution in [0.2, 0.25) is 0 Å². The van der Waals surface area contributed by atoms with Gasteiger partial charge in [0.25, 0.3) is 0 Å². The number of carbonyl (C=O) groups excluding carboxylic acids is 2. The molecule has 1 fully saturated rings. The molecule has 1 aliphatic rings. The lowest BCUT2D eigenvalue weighted by molar-refractivity contribution is -0.136. The van der Waals surface area contributed by atoms with Crippen molar-refractivity contribution in [2.24, 2.45) is 0 Å². The molecule has 8 heteroatoms. The summed E-state index contributed by atoms with van der Waals surface area (Å²) in [6, 6.07) is 7.13. The molecule has 2 aromatic rings. The number of methoxy groups -OCH3 is 1. The number of rotatable bonds is 10. The molecule has 1 aromatic carbocycles. The Morgan fingerprint density at radius 3 is 2.87 bits per heavy atom. The fraction of sp³-hybridized carbons (Fsp3) is 0.545. The van der Waals surface area contributed by atoms with Crippen molar-refractivity contribution in [3.63, 3.8) is 0 Å². The van der Waals surface area contributed by atoms with E-state index in [2.05, 4.69) is 22.4 Å². The molecule has 0 spiro atoms. The Morgan fingerprint density at radius 1 is 1.23 bits per heavy atom. The second kappa shape index (κ2) is 11.1. The lowest BCUT2D eigenvalue weighted by Crippen LogP contribution is -2.43. The molecule has 0 aliphatic carbocycles.